The summed E-state index contributed by atoms with van der Waals surface area (Å²) in [6, 6.07) is 4.92. The Morgan fingerprint density at radius 1 is 1.39 bits per heavy atom. The molecule has 1 aliphatic rings. The monoisotopic (exact) mass is 287 g/mol. The van der Waals surface area contributed by atoms with Crippen LogP contribution in [0.5, 0.6) is 0 Å². The molecule has 0 spiro atoms. The van der Waals surface area contributed by atoms with Crippen LogP contribution in [0.3, 0.4) is 0 Å². The Labute approximate surface area is 116 Å². The van der Waals surface area contributed by atoms with Crippen molar-refractivity contribution >= 4 is 29.2 Å². The van der Waals surface area contributed by atoms with Crippen molar-refractivity contribution < 1.29 is 9.90 Å². The van der Waals surface area contributed by atoms with E-state index in [0.717, 1.165) is 18.5 Å². The first-order chi connectivity index (χ1) is 8.47. The quantitative estimate of drug-likeness (QED) is 0.927. The van der Waals surface area contributed by atoms with Crippen molar-refractivity contribution in [2.75, 3.05) is 6.54 Å². The first kappa shape index (κ1) is 13.7. The Hall–Kier alpha value is -0.770. The number of carboxylic acid groups (broad SMARTS) is 1. The van der Waals surface area contributed by atoms with Crippen molar-refractivity contribution in [3.8, 4) is 0 Å². The molecule has 1 aromatic carbocycles. The first-order valence-corrected chi connectivity index (χ1v) is 6.65. The van der Waals surface area contributed by atoms with Gasteiger partial charge in [-0.2, -0.15) is 0 Å². The molecule has 1 aliphatic heterocycles. The lowest BCUT2D eigenvalue weighted by Gasteiger charge is -2.23. The van der Waals surface area contributed by atoms with Crippen molar-refractivity contribution in [2.24, 2.45) is 5.92 Å². The normalized spacial score (nSPS) is 24.4. The number of aliphatic carboxylic acids is 1. The molecule has 98 valence electrons. The van der Waals surface area contributed by atoms with Gasteiger partial charge in [0.2, 0.25) is 0 Å². The van der Waals surface area contributed by atoms with Gasteiger partial charge in [-0.1, -0.05) is 30.1 Å². The Kier molecular flexibility index (Phi) is 4.15. The molecule has 0 aromatic heterocycles. The Bertz CT molecular complexity index is 444. The fourth-order valence-electron chi connectivity index (χ4n) is 2.54. The van der Waals surface area contributed by atoms with Gasteiger partial charge in [-0.25, -0.2) is 0 Å². The van der Waals surface area contributed by atoms with Crippen molar-refractivity contribution in [3.05, 3.63) is 33.8 Å². The van der Waals surface area contributed by atoms with Gasteiger partial charge in [0.25, 0.3) is 0 Å². The van der Waals surface area contributed by atoms with Gasteiger partial charge in [-0.3, -0.25) is 9.69 Å². The number of benzene rings is 1. The number of hydrogen-bond acceptors (Lipinski definition) is 2. The van der Waals surface area contributed by atoms with E-state index in [2.05, 4.69) is 0 Å². The lowest BCUT2D eigenvalue weighted by molar-refractivity contribution is -0.143. The summed E-state index contributed by atoms with van der Waals surface area (Å²) in [5, 5.41) is 10.4. The maximum atomic E-state index is 11.3. The van der Waals surface area contributed by atoms with Gasteiger partial charge in [0.1, 0.15) is 6.04 Å². The Balaban J connectivity index is 2.15. The van der Waals surface area contributed by atoms with E-state index in [0.29, 0.717) is 16.6 Å². The zero-order valence-electron chi connectivity index (χ0n) is 10.1. The molecule has 1 aromatic rings. The van der Waals surface area contributed by atoms with Crippen LogP contribution in [0.2, 0.25) is 10.0 Å². The minimum absolute atomic E-state index is 0.178. The molecule has 1 saturated heterocycles. The molecule has 0 aliphatic carbocycles. The van der Waals surface area contributed by atoms with E-state index in [9.17, 15) is 9.90 Å². The average molecular weight is 288 g/mol. The third kappa shape index (κ3) is 2.97. The summed E-state index contributed by atoms with van der Waals surface area (Å²) in [6.07, 6.45) is 0.908. The van der Waals surface area contributed by atoms with Gasteiger partial charge in [0.15, 0.2) is 0 Å². The summed E-state index contributed by atoms with van der Waals surface area (Å²) in [6.45, 7) is 3.34. The molecule has 0 saturated carbocycles. The molecular weight excluding hydrogens is 273 g/mol. The van der Waals surface area contributed by atoms with Crippen LogP contribution < -0.4 is 0 Å². The highest BCUT2D eigenvalue weighted by Gasteiger charge is 2.36. The molecule has 0 bridgehead atoms. The van der Waals surface area contributed by atoms with Crippen molar-refractivity contribution in [3.63, 3.8) is 0 Å². The van der Waals surface area contributed by atoms with Crippen LogP contribution >= 0.6 is 23.2 Å². The number of carboxylic acids is 1. The summed E-state index contributed by atoms with van der Waals surface area (Å²) in [5.74, 6) is -0.578. The molecular formula is C13H15Cl2NO2. The predicted octanol–water partition coefficient (Wildman–Crippen LogP) is 3.29. The molecule has 5 heteroatoms. The van der Waals surface area contributed by atoms with Crippen molar-refractivity contribution in [2.45, 2.75) is 25.9 Å². The van der Waals surface area contributed by atoms with E-state index < -0.39 is 12.0 Å². The van der Waals surface area contributed by atoms with Crippen LogP contribution in [0, 0.1) is 5.92 Å². The third-order valence-corrected chi connectivity index (χ3v) is 3.80. The summed E-state index contributed by atoms with van der Waals surface area (Å²) in [4.78, 5) is 13.2. The zero-order chi connectivity index (χ0) is 13.3. The molecule has 0 radical (unpaired) electrons. The van der Waals surface area contributed by atoms with E-state index in [1.54, 1.807) is 6.07 Å². The zero-order valence-corrected chi connectivity index (χ0v) is 11.6. The minimum atomic E-state index is -0.756. The second-order valence-electron chi connectivity index (χ2n) is 4.80. The third-order valence-electron chi connectivity index (χ3n) is 3.37. The van der Waals surface area contributed by atoms with Crippen LogP contribution in [0.1, 0.15) is 18.9 Å². The molecule has 2 rings (SSSR count). The fraction of sp³-hybridized carbons (Fsp3) is 0.462. The molecule has 18 heavy (non-hydrogen) atoms. The maximum Gasteiger partial charge on any atom is 0.321 e. The highest BCUT2D eigenvalue weighted by Crippen LogP contribution is 2.27. The van der Waals surface area contributed by atoms with Crippen LogP contribution in [0.15, 0.2) is 18.2 Å². The molecule has 1 N–H and O–H groups in total. The van der Waals surface area contributed by atoms with Gasteiger partial charge >= 0.3 is 5.97 Å². The number of hydrogen-bond donors (Lipinski definition) is 1. The smallest absolute Gasteiger partial charge is 0.321 e. The molecule has 1 fully saturated rings. The molecule has 2 unspecified atom stereocenters. The second-order valence-corrected chi connectivity index (χ2v) is 5.67. The first-order valence-electron chi connectivity index (χ1n) is 5.89. The number of rotatable bonds is 3. The summed E-state index contributed by atoms with van der Waals surface area (Å²) in [7, 11) is 0. The van der Waals surface area contributed by atoms with E-state index in [1.165, 1.54) is 0 Å². The van der Waals surface area contributed by atoms with Crippen LogP contribution in [-0.4, -0.2) is 28.6 Å². The highest BCUT2D eigenvalue weighted by molar-refractivity contribution is 6.34. The SMILES string of the molecule is CC1CCN(Cc2cc(Cl)cc(Cl)c2)C1C(=O)O. The number of nitrogens with zero attached hydrogens (tertiary/aromatic N) is 1. The summed E-state index contributed by atoms with van der Waals surface area (Å²) in [5.41, 5.74) is 0.952. The highest BCUT2D eigenvalue weighted by atomic mass is 35.5. The number of halogens is 2. The predicted molar refractivity (Wildman–Crippen MR) is 72.1 cm³/mol. The van der Waals surface area contributed by atoms with Crippen molar-refractivity contribution in [1.29, 1.82) is 0 Å². The fourth-order valence-corrected chi connectivity index (χ4v) is 3.11. The topological polar surface area (TPSA) is 40.5 Å². The van der Waals surface area contributed by atoms with Gasteiger partial charge in [-0.05, 0) is 42.6 Å². The lowest BCUT2D eigenvalue weighted by Crippen LogP contribution is -2.38. The minimum Gasteiger partial charge on any atom is -0.480 e. The number of carbonyl (C=O) groups is 1. The number of likely N-dealkylation sites (tertiary alicyclic amines) is 1. The largest absolute Gasteiger partial charge is 0.480 e. The van der Waals surface area contributed by atoms with Gasteiger partial charge < -0.3 is 5.11 Å². The standard InChI is InChI=1S/C13H15Cl2NO2/c1-8-2-3-16(12(8)13(17)18)7-9-4-10(14)6-11(15)5-9/h4-6,8,12H,2-3,7H2,1H3,(H,17,18). The Morgan fingerprint density at radius 3 is 2.56 bits per heavy atom. The Morgan fingerprint density at radius 2 is 2.00 bits per heavy atom. The van der Waals surface area contributed by atoms with E-state index >= 15 is 0 Å². The van der Waals surface area contributed by atoms with Gasteiger partial charge in [0, 0.05) is 16.6 Å². The molecule has 3 nitrogen and oxygen atoms in total. The van der Waals surface area contributed by atoms with Gasteiger partial charge in [0.05, 0.1) is 0 Å². The molecule has 2 atom stereocenters. The van der Waals surface area contributed by atoms with Crippen molar-refractivity contribution in [1.82, 2.24) is 4.90 Å². The maximum absolute atomic E-state index is 11.3. The van der Waals surface area contributed by atoms with Crippen LogP contribution in [0.25, 0.3) is 0 Å². The van der Waals surface area contributed by atoms with E-state index in [4.69, 9.17) is 23.2 Å². The van der Waals surface area contributed by atoms with Crippen LogP contribution in [-0.2, 0) is 11.3 Å². The van der Waals surface area contributed by atoms with Gasteiger partial charge in [-0.15, -0.1) is 0 Å². The summed E-state index contributed by atoms with van der Waals surface area (Å²) >= 11 is 11.9. The average Bonchev–Trinajstić information content (AvgIpc) is 2.57. The lowest BCUT2D eigenvalue weighted by atomic mass is 10.0. The molecule has 1 heterocycles. The summed E-state index contributed by atoms with van der Waals surface area (Å²) < 4.78 is 0. The second kappa shape index (κ2) is 5.47. The van der Waals surface area contributed by atoms with Crippen LogP contribution in [0.4, 0.5) is 0 Å². The van der Waals surface area contributed by atoms with E-state index in [-0.39, 0.29) is 5.92 Å². The van der Waals surface area contributed by atoms with E-state index in [1.807, 2.05) is 24.0 Å². The molecule has 0 amide bonds.